The molecule has 0 saturated heterocycles. The van der Waals surface area contributed by atoms with Crippen LogP contribution in [0.1, 0.15) is 32.1 Å². The Morgan fingerprint density at radius 2 is 2.12 bits per heavy atom. The highest BCUT2D eigenvalue weighted by Crippen LogP contribution is 2.28. The normalized spacial score (nSPS) is 25.5. The van der Waals surface area contributed by atoms with Crippen molar-refractivity contribution in [3.8, 4) is 0 Å². The van der Waals surface area contributed by atoms with Gasteiger partial charge in [-0.25, -0.2) is 4.99 Å². The van der Waals surface area contributed by atoms with Crippen molar-refractivity contribution in [2.75, 3.05) is 13.7 Å². The van der Waals surface area contributed by atoms with E-state index >= 15 is 0 Å². The Morgan fingerprint density at radius 3 is 2.88 bits per heavy atom. The Balaban J connectivity index is 1.58. The maximum Gasteiger partial charge on any atom is 0.255 e. The first-order chi connectivity index (χ1) is 12.7. The molecule has 4 aliphatic rings. The molecular weight excluding hydrogens is 330 g/mol. The van der Waals surface area contributed by atoms with Gasteiger partial charge in [0.2, 0.25) is 0 Å². The minimum atomic E-state index is -0.552. The van der Waals surface area contributed by atoms with Crippen molar-refractivity contribution in [3.63, 3.8) is 0 Å². The second-order valence-corrected chi connectivity index (χ2v) is 7.04. The third-order valence-electron chi connectivity index (χ3n) is 5.33. The predicted octanol–water partition coefficient (Wildman–Crippen LogP) is 2.01. The summed E-state index contributed by atoms with van der Waals surface area (Å²) in [6, 6.07) is 0.245. The van der Waals surface area contributed by atoms with E-state index in [0.717, 1.165) is 12.8 Å². The lowest BCUT2D eigenvalue weighted by molar-refractivity contribution is -0.123. The van der Waals surface area contributed by atoms with Crippen LogP contribution in [0.4, 0.5) is 0 Å². The Hall–Kier alpha value is -2.47. The molecule has 4 rings (SSSR count). The van der Waals surface area contributed by atoms with Gasteiger partial charge >= 0.3 is 0 Å². The van der Waals surface area contributed by atoms with Crippen LogP contribution >= 0.6 is 0 Å². The molecule has 6 nitrogen and oxygen atoms in total. The molecule has 0 radical (unpaired) electrons. The number of ketones is 1. The molecule has 2 aliphatic carbocycles. The Kier molecular flexibility index (Phi) is 4.59. The molecule has 0 aromatic heterocycles. The van der Waals surface area contributed by atoms with Crippen LogP contribution in [0.3, 0.4) is 0 Å². The highest BCUT2D eigenvalue weighted by atomic mass is 16.5. The maximum atomic E-state index is 12.8. The van der Waals surface area contributed by atoms with Gasteiger partial charge in [0.25, 0.3) is 5.91 Å². The number of nitrogens with one attached hydrogen (secondary N) is 1. The first-order valence-corrected chi connectivity index (χ1v) is 9.21. The minimum absolute atomic E-state index is 0.0658. The van der Waals surface area contributed by atoms with E-state index in [2.05, 4.69) is 10.3 Å². The molecule has 6 heteroatoms. The zero-order valence-corrected chi connectivity index (χ0v) is 14.9. The van der Waals surface area contributed by atoms with E-state index in [1.807, 2.05) is 23.3 Å². The molecule has 1 unspecified atom stereocenters. The summed E-state index contributed by atoms with van der Waals surface area (Å²) >= 11 is 0. The highest BCUT2D eigenvalue weighted by Gasteiger charge is 2.34. The number of Topliss-reactive ketones (excluding diaryl/α,β-unsaturated/α-hetero) is 1. The third kappa shape index (κ3) is 3.05. The van der Waals surface area contributed by atoms with Gasteiger partial charge in [-0.15, -0.1) is 0 Å². The first-order valence-electron chi connectivity index (χ1n) is 9.21. The molecule has 1 N–H and O–H groups in total. The summed E-state index contributed by atoms with van der Waals surface area (Å²) in [5.74, 6) is 0.451. The Bertz CT molecular complexity index is 782. The number of hydrogen-bond donors (Lipinski definition) is 1. The second-order valence-electron chi connectivity index (χ2n) is 7.04. The molecule has 0 spiro atoms. The zero-order valence-electron chi connectivity index (χ0n) is 14.9. The summed E-state index contributed by atoms with van der Waals surface area (Å²) in [7, 11) is 1.52. The molecule has 1 fully saturated rings. The molecule has 1 saturated carbocycles. The van der Waals surface area contributed by atoms with Crippen molar-refractivity contribution in [2.24, 2.45) is 4.99 Å². The number of carbonyl (C=O) groups excluding carboxylic acids is 2. The molecule has 0 aromatic carbocycles. The number of methoxy groups -OCH3 is 1. The average Bonchev–Trinajstić information content (AvgIpc) is 2.67. The minimum Gasteiger partial charge on any atom is -0.369 e. The molecule has 26 heavy (non-hydrogen) atoms. The quantitative estimate of drug-likeness (QED) is 0.843. The number of carbonyl (C=O) groups is 2. The van der Waals surface area contributed by atoms with E-state index in [1.54, 1.807) is 12.2 Å². The lowest BCUT2D eigenvalue weighted by atomic mass is 9.94. The van der Waals surface area contributed by atoms with Crippen LogP contribution in [0, 0.1) is 0 Å². The number of rotatable bonds is 3. The molecule has 0 aromatic rings. The van der Waals surface area contributed by atoms with Gasteiger partial charge < -0.3 is 15.0 Å². The fourth-order valence-corrected chi connectivity index (χ4v) is 3.88. The number of ether oxygens (including phenoxy) is 1. The fourth-order valence-electron chi connectivity index (χ4n) is 3.88. The van der Waals surface area contributed by atoms with E-state index in [-0.39, 0.29) is 17.7 Å². The van der Waals surface area contributed by atoms with Crippen molar-refractivity contribution >= 4 is 17.5 Å². The van der Waals surface area contributed by atoms with Gasteiger partial charge in [-0.1, -0.05) is 19.3 Å². The fraction of sp³-hybridized carbons (Fsp3) is 0.450. The number of fused-ring (bicyclic) bond motifs is 1. The summed E-state index contributed by atoms with van der Waals surface area (Å²) < 4.78 is 5.20. The van der Waals surface area contributed by atoms with E-state index in [9.17, 15) is 9.59 Å². The molecule has 0 bridgehead atoms. The van der Waals surface area contributed by atoms with Gasteiger partial charge in [0.15, 0.2) is 5.78 Å². The van der Waals surface area contributed by atoms with Crippen LogP contribution in [-0.4, -0.2) is 48.2 Å². The standard InChI is InChI=1S/C20H23N3O3/c1-26-17-10-9-16-15(18(17)24)12-23-11-5-8-14(19(23)22-16)20(25)21-13-6-3-2-4-7-13/h5,8-11,13,17H,2-4,6-7,12H2,1H3,(H,21,25). The SMILES string of the molecule is COC1C=CC2=C(CN3C=CC=C(C(=O)NC4CCCCC4)C3=N2)C1=O. The van der Waals surface area contributed by atoms with Crippen LogP contribution < -0.4 is 5.32 Å². The summed E-state index contributed by atoms with van der Waals surface area (Å²) in [6.45, 7) is 0.405. The lowest BCUT2D eigenvalue weighted by Crippen LogP contribution is -2.44. The van der Waals surface area contributed by atoms with Crippen LogP contribution in [0.2, 0.25) is 0 Å². The van der Waals surface area contributed by atoms with E-state index in [1.165, 1.54) is 26.4 Å². The number of aliphatic imine (C=N–C) groups is 1. The van der Waals surface area contributed by atoms with Crippen molar-refractivity contribution in [3.05, 3.63) is 47.3 Å². The van der Waals surface area contributed by atoms with Gasteiger partial charge in [-0.05, 0) is 37.1 Å². The summed E-state index contributed by atoms with van der Waals surface area (Å²) in [5, 5.41) is 3.15. The predicted molar refractivity (Wildman–Crippen MR) is 98.3 cm³/mol. The van der Waals surface area contributed by atoms with Crippen LogP contribution in [-0.2, 0) is 14.3 Å². The largest absolute Gasteiger partial charge is 0.369 e. The lowest BCUT2D eigenvalue weighted by Gasteiger charge is -2.33. The van der Waals surface area contributed by atoms with E-state index in [0.29, 0.717) is 29.2 Å². The molecule has 136 valence electrons. The molecule has 2 heterocycles. The smallest absolute Gasteiger partial charge is 0.255 e. The van der Waals surface area contributed by atoms with Crippen LogP contribution in [0.15, 0.2) is 52.3 Å². The number of hydrogen-bond acceptors (Lipinski definition) is 5. The van der Waals surface area contributed by atoms with E-state index in [4.69, 9.17) is 4.74 Å². The first kappa shape index (κ1) is 17.0. The van der Waals surface area contributed by atoms with Crippen LogP contribution in [0.25, 0.3) is 0 Å². The number of nitrogens with zero attached hydrogens (tertiary/aromatic N) is 2. The number of amidine groups is 1. The van der Waals surface area contributed by atoms with Gasteiger partial charge in [-0.2, -0.15) is 0 Å². The number of amides is 1. The summed E-state index contributed by atoms with van der Waals surface area (Å²) in [4.78, 5) is 31.8. The second kappa shape index (κ2) is 7.03. The van der Waals surface area contributed by atoms with Crippen molar-refractivity contribution < 1.29 is 14.3 Å². The van der Waals surface area contributed by atoms with Crippen molar-refractivity contribution in [1.29, 1.82) is 0 Å². The highest BCUT2D eigenvalue weighted by molar-refractivity contribution is 6.23. The molecule has 1 amide bonds. The topological polar surface area (TPSA) is 71.0 Å². The van der Waals surface area contributed by atoms with Crippen molar-refractivity contribution in [1.82, 2.24) is 10.2 Å². The Labute approximate surface area is 153 Å². The van der Waals surface area contributed by atoms with Crippen LogP contribution in [0.5, 0.6) is 0 Å². The monoisotopic (exact) mass is 353 g/mol. The van der Waals surface area contributed by atoms with E-state index < -0.39 is 6.10 Å². The van der Waals surface area contributed by atoms with Gasteiger partial charge in [0.1, 0.15) is 11.9 Å². The third-order valence-corrected chi connectivity index (χ3v) is 5.33. The molecular formula is C20H23N3O3. The van der Waals surface area contributed by atoms with Gasteiger partial charge in [0, 0.05) is 24.9 Å². The molecule has 1 atom stereocenters. The van der Waals surface area contributed by atoms with Gasteiger partial charge in [-0.3, -0.25) is 9.59 Å². The molecule has 2 aliphatic heterocycles. The van der Waals surface area contributed by atoms with Gasteiger partial charge in [0.05, 0.1) is 17.8 Å². The zero-order chi connectivity index (χ0) is 18.1. The Morgan fingerprint density at radius 1 is 1.31 bits per heavy atom. The summed E-state index contributed by atoms with van der Waals surface area (Å²) in [6.07, 6.45) is 14.1. The average molecular weight is 353 g/mol. The number of allylic oxidation sites excluding steroid dienone is 3. The van der Waals surface area contributed by atoms with Crippen molar-refractivity contribution in [2.45, 2.75) is 44.2 Å². The summed E-state index contributed by atoms with van der Waals surface area (Å²) in [5.41, 5.74) is 1.81. The maximum absolute atomic E-state index is 12.8.